The molecule has 2 aromatic carbocycles. The third kappa shape index (κ3) is 2.26. The predicted molar refractivity (Wildman–Crippen MR) is 79.3 cm³/mol. The molecule has 106 valence electrons. The van der Waals surface area contributed by atoms with Gasteiger partial charge < -0.3 is 5.73 Å². The second-order valence-corrected chi connectivity index (χ2v) is 5.86. The number of nitrogens with two attached hydrogens (primary N) is 1. The van der Waals surface area contributed by atoms with Gasteiger partial charge in [0.1, 0.15) is 0 Å². The van der Waals surface area contributed by atoms with Crippen molar-refractivity contribution < 1.29 is 8.78 Å². The van der Waals surface area contributed by atoms with Gasteiger partial charge in [-0.1, -0.05) is 24.3 Å². The first kappa shape index (κ1) is 13.3. The second-order valence-electron chi connectivity index (χ2n) is 5.86. The van der Waals surface area contributed by atoms with Crippen LogP contribution in [-0.2, 0) is 0 Å². The molecular weight excluding hydrogens is 256 g/mol. The average molecular weight is 275 g/mol. The predicted octanol–water partition coefficient (Wildman–Crippen LogP) is 5.02. The van der Waals surface area contributed by atoms with Crippen molar-refractivity contribution in [2.45, 2.75) is 44.4 Å². The van der Waals surface area contributed by atoms with Crippen molar-refractivity contribution in [1.29, 1.82) is 0 Å². The first-order valence-electron chi connectivity index (χ1n) is 7.13. The number of hydrogen-bond donors (Lipinski definition) is 1. The van der Waals surface area contributed by atoms with E-state index in [0.717, 1.165) is 27.6 Å². The van der Waals surface area contributed by atoms with Gasteiger partial charge in [0, 0.05) is 18.5 Å². The maximum Gasteiger partial charge on any atom is 0.248 e. The van der Waals surface area contributed by atoms with Crippen LogP contribution in [0.3, 0.4) is 0 Å². The number of nitrogen functional groups attached to an aromatic ring is 1. The highest BCUT2D eigenvalue weighted by atomic mass is 19.3. The van der Waals surface area contributed by atoms with E-state index < -0.39 is 5.92 Å². The Morgan fingerprint density at radius 3 is 2.35 bits per heavy atom. The molecule has 0 unspecified atom stereocenters. The molecule has 2 aromatic rings. The van der Waals surface area contributed by atoms with Crippen molar-refractivity contribution in [2.75, 3.05) is 5.73 Å². The van der Waals surface area contributed by atoms with Crippen molar-refractivity contribution >= 4 is 16.5 Å². The lowest BCUT2D eigenvalue weighted by atomic mass is 9.80. The SMILES string of the molecule is Cc1c(N)cc(C2CCC(F)(F)CC2)c2ccccc12. The second kappa shape index (κ2) is 4.72. The average Bonchev–Trinajstić information content (AvgIpc) is 2.43. The van der Waals surface area contributed by atoms with Crippen LogP contribution in [0.15, 0.2) is 30.3 Å². The summed E-state index contributed by atoms with van der Waals surface area (Å²) in [6.45, 7) is 2.01. The number of fused-ring (bicyclic) bond motifs is 1. The quantitative estimate of drug-likeness (QED) is 0.726. The van der Waals surface area contributed by atoms with Gasteiger partial charge in [-0.2, -0.15) is 0 Å². The van der Waals surface area contributed by atoms with Gasteiger partial charge in [-0.25, -0.2) is 8.78 Å². The highest BCUT2D eigenvalue weighted by Crippen LogP contribution is 2.43. The molecule has 0 bridgehead atoms. The Hall–Kier alpha value is -1.64. The number of halogens is 2. The van der Waals surface area contributed by atoms with Crippen LogP contribution in [0, 0.1) is 6.92 Å². The Bertz CT molecular complexity index is 639. The van der Waals surface area contributed by atoms with Crippen LogP contribution >= 0.6 is 0 Å². The zero-order valence-electron chi connectivity index (χ0n) is 11.6. The van der Waals surface area contributed by atoms with Crippen LogP contribution in [0.4, 0.5) is 14.5 Å². The molecule has 3 heteroatoms. The van der Waals surface area contributed by atoms with Gasteiger partial charge >= 0.3 is 0 Å². The zero-order chi connectivity index (χ0) is 14.3. The van der Waals surface area contributed by atoms with Gasteiger partial charge in [0.25, 0.3) is 0 Å². The molecule has 3 rings (SSSR count). The third-order valence-electron chi connectivity index (χ3n) is 4.54. The molecule has 0 amide bonds. The zero-order valence-corrected chi connectivity index (χ0v) is 11.6. The molecule has 0 spiro atoms. The van der Waals surface area contributed by atoms with Crippen molar-refractivity contribution in [2.24, 2.45) is 0 Å². The van der Waals surface area contributed by atoms with Gasteiger partial charge in [0.2, 0.25) is 5.92 Å². The van der Waals surface area contributed by atoms with E-state index in [1.165, 1.54) is 0 Å². The van der Waals surface area contributed by atoms with Crippen molar-refractivity contribution in [3.63, 3.8) is 0 Å². The largest absolute Gasteiger partial charge is 0.398 e. The summed E-state index contributed by atoms with van der Waals surface area (Å²) in [6.07, 6.45) is 1.05. The number of hydrogen-bond acceptors (Lipinski definition) is 1. The topological polar surface area (TPSA) is 26.0 Å². The van der Waals surface area contributed by atoms with Gasteiger partial charge in [0.05, 0.1) is 0 Å². The van der Waals surface area contributed by atoms with Crippen LogP contribution in [0.5, 0.6) is 0 Å². The fraction of sp³-hybridized carbons (Fsp3) is 0.412. The first-order chi connectivity index (χ1) is 9.48. The third-order valence-corrected chi connectivity index (χ3v) is 4.54. The van der Waals surface area contributed by atoms with E-state index in [9.17, 15) is 8.78 Å². The number of alkyl halides is 2. The van der Waals surface area contributed by atoms with Crippen LogP contribution in [0.25, 0.3) is 10.8 Å². The van der Waals surface area contributed by atoms with Crippen molar-refractivity contribution in [3.8, 4) is 0 Å². The van der Waals surface area contributed by atoms with E-state index in [1.807, 2.05) is 25.1 Å². The van der Waals surface area contributed by atoms with Crippen LogP contribution in [0.2, 0.25) is 0 Å². The van der Waals surface area contributed by atoms with E-state index >= 15 is 0 Å². The molecule has 0 aliphatic heterocycles. The van der Waals surface area contributed by atoms with E-state index in [2.05, 4.69) is 12.1 Å². The van der Waals surface area contributed by atoms with Gasteiger partial charge in [-0.05, 0) is 53.6 Å². The maximum absolute atomic E-state index is 13.3. The van der Waals surface area contributed by atoms with Crippen molar-refractivity contribution in [3.05, 3.63) is 41.5 Å². The lowest BCUT2D eigenvalue weighted by molar-refractivity contribution is -0.0381. The molecule has 1 fully saturated rings. The number of aryl methyl sites for hydroxylation is 1. The van der Waals surface area contributed by atoms with E-state index in [-0.39, 0.29) is 18.8 Å². The molecule has 1 aliphatic rings. The first-order valence-corrected chi connectivity index (χ1v) is 7.13. The molecular formula is C17H19F2N. The Balaban J connectivity index is 2.06. The van der Waals surface area contributed by atoms with Crippen LogP contribution < -0.4 is 5.73 Å². The van der Waals surface area contributed by atoms with Crippen molar-refractivity contribution in [1.82, 2.24) is 0 Å². The molecule has 1 saturated carbocycles. The Morgan fingerprint density at radius 2 is 1.70 bits per heavy atom. The fourth-order valence-electron chi connectivity index (χ4n) is 3.26. The standard InChI is InChI=1S/C17H19F2N/c1-11-13-4-2-3-5-14(13)15(10-16(11)20)12-6-8-17(18,19)9-7-12/h2-5,10,12H,6-9,20H2,1H3. The van der Waals surface area contributed by atoms with Gasteiger partial charge in [0.15, 0.2) is 0 Å². The Labute approximate surface area is 117 Å². The summed E-state index contributed by atoms with van der Waals surface area (Å²) in [5, 5.41) is 2.30. The molecule has 0 atom stereocenters. The normalized spacial score (nSPS) is 19.4. The molecule has 20 heavy (non-hydrogen) atoms. The Morgan fingerprint density at radius 1 is 1.10 bits per heavy atom. The maximum atomic E-state index is 13.3. The van der Waals surface area contributed by atoms with E-state index in [1.54, 1.807) is 0 Å². The molecule has 0 aromatic heterocycles. The monoisotopic (exact) mass is 275 g/mol. The molecule has 1 aliphatic carbocycles. The number of rotatable bonds is 1. The minimum absolute atomic E-state index is 0.0141. The van der Waals surface area contributed by atoms with E-state index in [4.69, 9.17) is 5.73 Å². The van der Waals surface area contributed by atoms with Gasteiger partial charge in [-0.15, -0.1) is 0 Å². The molecule has 0 radical (unpaired) electrons. The lowest BCUT2D eigenvalue weighted by Crippen LogP contribution is -2.23. The summed E-state index contributed by atoms with van der Waals surface area (Å²) in [6, 6.07) is 10.1. The minimum atomic E-state index is -2.48. The Kier molecular flexibility index (Phi) is 3.15. The molecule has 0 saturated heterocycles. The summed E-state index contributed by atoms with van der Waals surface area (Å²) >= 11 is 0. The lowest BCUT2D eigenvalue weighted by Gasteiger charge is -2.29. The summed E-state index contributed by atoms with van der Waals surface area (Å²) in [5.74, 6) is -2.29. The summed E-state index contributed by atoms with van der Waals surface area (Å²) in [5.41, 5.74) is 9.07. The molecule has 1 nitrogen and oxygen atoms in total. The number of anilines is 1. The summed E-state index contributed by atoms with van der Waals surface area (Å²) in [4.78, 5) is 0. The van der Waals surface area contributed by atoms with Crippen LogP contribution in [-0.4, -0.2) is 5.92 Å². The highest BCUT2D eigenvalue weighted by Gasteiger charge is 2.35. The molecule has 0 heterocycles. The fourth-order valence-corrected chi connectivity index (χ4v) is 3.26. The van der Waals surface area contributed by atoms with E-state index in [0.29, 0.717) is 12.8 Å². The minimum Gasteiger partial charge on any atom is -0.398 e. The smallest absolute Gasteiger partial charge is 0.248 e. The number of benzene rings is 2. The summed E-state index contributed by atoms with van der Waals surface area (Å²) < 4.78 is 26.7. The highest BCUT2D eigenvalue weighted by molar-refractivity contribution is 5.92. The van der Waals surface area contributed by atoms with Crippen LogP contribution in [0.1, 0.15) is 42.7 Å². The van der Waals surface area contributed by atoms with Gasteiger partial charge in [-0.3, -0.25) is 0 Å². The molecule has 2 N–H and O–H groups in total. The summed E-state index contributed by atoms with van der Waals surface area (Å²) in [7, 11) is 0.